The molecule has 0 aliphatic heterocycles. The third kappa shape index (κ3) is 1.80. The minimum absolute atomic E-state index is 1.02. The molecule has 114 valence electrons. The first-order valence-corrected chi connectivity index (χ1v) is 8.18. The van der Waals surface area contributed by atoms with Crippen LogP contribution in [0.3, 0.4) is 0 Å². The molecule has 0 radical (unpaired) electrons. The van der Waals surface area contributed by atoms with Crippen molar-refractivity contribution in [1.29, 1.82) is 0 Å². The van der Waals surface area contributed by atoms with Gasteiger partial charge in [0.15, 0.2) is 0 Å². The van der Waals surface area contributed by atoms with Crippen LogP contribution in [0.2, 0.25) is 0 Å². The maximum Gasteiger partial charge on any atom is 0.0953 e. The second-order valence-electron chi connectivity index (χ2n) is 6.19. The van der Waals surface area contributed by atoms with Crippen LogP contribution in [0.25, 0.3) is 38.7 Å². The molecule has 5 aromatic rings. The summed E-state index contributed by atoms with van der Waals surface area (Å²) in [6.45, 7) is 2.14. The zero-order chi connectivity index (χ0) is 16.1. The normalized spacial score (nSPS) is 11.5. The molecular formula is C22H16N2. The summed E-state index contributed by atoms with van der Waals surface area (Å²) in [5.41, 5.74) is 8.02. The molecule has 2 heterocycles. The number of aryl methyl sites for hydroxylation is 1. The van der Waals surface area contributed by atoms with E-state index >= 15 is 0 Å². The molecule has 24 heavy (non-hydrogen) atoms. The summed E-state index contributed by atoms with van der Waals surface area (Å²) in [5.74, 6) is 0. The van der Waals surface area contributed by atoms with Gasteiger partial charge in [0.05, 0.1) is 27.8 Å². The van der Waals surface area contributed by atoms with Crippen LogP contribution < -0.4 is 0 Å². The zero-order valence-electron chi connectivity index (χ0n) is 13.4. The van der Waals surface area contributed by atoms with Crippen molar-refractivity contribution in [1.82, 2.24) is 9.38 Å². The van der Waals surface area contributed by atoms with E-state index in [2.05, 4.69) is 90.2 Å². The summed E-state index contributed by atoms with van der Waals surface area (Å²) in [5, 5.41) is 1.24. The molecule has 3 aromatic carbocycles. The Labute approximate surface area is 140 Å². The van der Waals surface area contributed by atoms with Crippen molar-refractivity contribution < 1.29 is 0 Å². The van der Waals surface area contributed by atoms with E-state index in [1.165, 1.54) is 22.0 Å². The lowest BCUT2D eigenvalue weighted by atomic mass is 10.0. The van der Waals surface area contributed by atoms with E-state index in [4.69, 9.17) is 4.98 Å². The molecule has 0 fully saturated rings. The predicted octanol–water partition coefficient (Wildman–Crippen LogP) is 5.62. The average Bonchev–Trinajstić information content (AvgIpc) is 3.01. The van der Waals surface area contributed by atoms with Gasteiger partial charge in [0.25, 0.3) is 0 Å². The monoisotopic (exact) mass is 308 g/mol. The number of aromatic nitrogens is 2. The van der Waals surface area contributed by atoms with E-state index in [0.29, 0.717) is 0 Å². The summed E-state index contributed by atoms with van der Waals surface area (Å²) in [7, 11) is 0. The van der Waals surface area contributed by atoms with Crippen LogP contribution in [0.1, 0.15) is 5.56 Å². The molecule has 0 atom stereocenters. The quantitative estimate of drug-likeness (QED) is 0.393. The van der Waals surface area contributed by atoms with Gasteiger partial charge in [-0.1, -0.05) is 54.6 Å². The van der Waals surface area contributed by atoms with Crippen LogP contribution in [0.5, 0.6) is 0 Å². The maximum absolute atomic E-state index is 5.01. The molecule has 0 aliphatic rings. The van der Waals surface area contributed by atoms with Crippen LogP contribution in [-0.2, 0) is 0 Å². The van der Waals surface area contributed by atoms with E-state index in [1.54, 1.807) is 0 Å². The minimum Gasteiger partial charge on any atom is -0.306 e. The number of benzene rings is 3. The molecule has 0 unspecified atom stereocenters. The Kier molecular flexibility index (Phi) is 2.74. The van der Waals surface area contributed by atoms with Gasteiger partial charge in [0, 0.05) is 10.9 Å². The maximum atomic E-state index is 5.01. The smallest absolute Gasteiger partial charge is 0.0953 e. The highest BCUT2D eigenvalue weighted by Gasteiger charge is 2.14. The number of hydrogen-bond donors (Lipinski definition) is 0. The van der Waals surface area contributed by atoms with Gasteiger partial charge in [0.1, 0.15) is 0 Å². The van der Waals surface area contributed by atoms with Crippen LogP contribution >= 0.6 is 0 Å². The first-order chi connectivity index (χ1) is 11.8. The third-order valence-electron chi connectivity index (χ3n) is 4.71. The highest BCUT2D eigenvalue weighted by molar-refractivity contribution is 5.98. The zero-order valence-corrected chi connectivity index (χ0v) is 13.4. The van der Waals surface area contributed by atoms with Gasteiger partial charge in [-0.3, -0.25) is 0 Å². The van der Waals surface area contributed by atoms with Gasteiger partial charge in [-0.25, -0.2) is 4.98 Å². The molecule has 0 aliphatic carbocycles. The summed E-state index contributed by atoms with van der Waals surface area (Å²) in [4.78, 5) is 5.01. The molecule has 0 N–H and O–H groups in total. The van der Waals surface area contributed by atoms with Gasteiger partial charge in [0.2, 0.25) is 0 Å². The van der Waals surface area contributed by atoms with Gasteiger partial charge in [-0.2, -0.15) is 0 Å². The number of rotatable bonds is 1. The van der Waals surface area contributed by atoms with Crippen LogP contribution in [0.15, 0.2) is 78.9 Å². The summed E-state index contributed by atoms with van der Waals surface area (Å²) in [6.07, 6.45) is 0. The Bertz CT molecular complexity index is 1210. The number of para-hydroxylation sites is 3. The molecule has 2 heteroatoms. The Morgan fingerprint density at radius 1 is 0.708 bits per heavy atom. The second kappa shape index (κ2) is 4.93. The van der Waals surface area contributed by atoms with Gasteiger partial charge in [-0.05, 0) is 36.8 Å². The van der Waals surface area contributed by atoms with Gasteiger partial charge < -0.3 is 4.40 Å². The topological polar surface area (TPSA) is 17.3 Å². The van der Waals surface area contributed by atoms with E-state index in [1.807, 2.05) is 0 Å². The SMILES string of the molecule is Cc1ccccc1-c1nc2ccccc2n2c1cc1ccccc12. The molecule has 2 aromatic heterocycles. The van der Waals surface area contributed by atoms with Crippen molar-refractivity contribution in [3.8, 4) is 11.3 Å². The first-order valence-electron chi connectivity index (χ1n) is 8.18. The minimum atomic E-state index is 1.02. The molecular weight excluding hydrogens is 292 g/mol. The predicted molar refractivity (Wildman–Crippen MR) is 100 cm³/mol. The van der Waals surface area contributed by atoms with Crippen LogP contribution in [-0.4, -0.2) is 9.38 Å². The van der Waals surface area contributed by atoms with Crippen molar-refractivity contribution in [2.45, 2.75) is 6.92 Å². The van der Waals surface area contributed by atoms with E-state index in [0.717, 1.165) is 22.2 Å². The van der Waals surface area contributed by atoms with Crippen molar-refractivity contribution in [3.63, 3.8) is 0 Å². The Balaban J connectivity index is 2.05. The summed E-state index contributed by atoms with van der Waals surface area (Å²) in [6, 6.07) is 27.6. The van der Waals surface area contributed by atoms with Crippen molar-refractivity contribution in [2.24, 2.45) is 0 Å². The third-order valence-corrected chi connectivity index (χ3v) is 4.71. The molecule has 2 nitrogen and oxygen atoms in total. The fourth-order valence-electron chi connectivity index (χ4n) is 3.55. The average molecular weight is 308 g/mol. The molecule has 0 bridgehead atoms. The largest absolute Gasteiger partial charge is 0.306 e. The lowest BCUT2D eigenvalue weighted by Crippen LogP contribution is -1.96. The fourth-order valence-corrected chi connectivity index (χ4v) is 3.55. The highest BCUT2D eigenvalue weighted by atomic mass is 14.9. The fraction of sp³-hybridized carbons (Fsp3) is 0.0455. The second-order valence-corrected chi connectivity index (χ2v) is 6.19. The Morgan fingerprint density at radius 3 is 2.29 bits per heavy atom. The Hall–Kier alpha value is -3.13. The molecule has 0 saturated heterocycles. The van der Waals surface area contributed by atoms with Crippen LogP contribution in [0, 0.1) is 6.92 Å². The molecule has 0 amide bonds. The standard InChI is InChI=1S/C22H16N2/c1-15-8-2-4-10-17(15)22-21-14-16-9-3-6-12-19(16)24(21)20-13-7-5-11-18(20)23-22/h2-14H,1H3. The number of fused-ring (bicyclic) bond motifs is 5. The molecule has 5 rings (SSSR count). The van der Waals surface area contributed by atoms with E-state index < -0.39 is 0 Å². The number of hydrogen-bond acceptors (Lipinski definition) is 1. The molecule has 0 saturated carbocycles. The Morgan fingerprint density at radius 2 is 1.42 bits per heavy atom. The summed E-state index contributed by atoms with van der Waals surface area (Å²) >= 11 is 0. The lowest BCUT2D eigenvalue weighted by Gasteiger charge is -2.11. The van der Waals surface area contributed by atoms with Crippen LogP contribution in [0.4, 0.5) is 0 Å². The van der Waals surface area contributed by atoms with Crippen molar-refractivity contribution >= 4 is 27.5 Å². The van der Waals surface area contributed by atoms with E-state index in [9.17, 15) is 0 Å². The summed E-state index contributed by atoms with van der Waals surface area (Å²) < 4.78 is 2.33. The van der Waals surface area contributed by atoms with Crippen molar-refractivity contribution in [3.05, 3.63) is 84.4 Å². The molecule has 0 spiro atoms. The highest BCUT2D eigenvalue weighted by Crippen LogP contribution is 2.33. The van der Waals surface area contributed by atoms with E-state index in [-0.39, 0.29) is 0 Å². The van der Waals surface area contributed by atoms with Crippen molar-refractivity contribution in [2.75, 3.05) is 0 Å². The lowest BCUT2D eigenvalue weighted by molar-refractivity contribution is 1.26. The van der Waals surface area contributed by atoms with Gasteiger partial charge >= 0.3 is 0 Å². The first kappa shape index (κ1) is 13.3. The number of nitrogens with zero attached hydrogens (tertiary/aromatic N) is 2. The van der Waals surface area contributed by atoms with Gasteiger partial charge in [-0.15, -0.1) is 0 Å².